The molecule has 31 heavy (non-hydrogen) atoms. The highest BCUT2D eigenvalue weighted by atomic mass is 19.4. The normalized spacial score (nSPS) is 24.5. The number of likely N-dealkylation sites (tertiary alicyclic amines) is 2. The molecule has 0 aliphatic carbocycles. The topological polar surface area (TPSA) is 63.5 Å². The molecule has 174 valence electrons. The first-order chi connectivity index (χ1) is 14.4. The lowest BCUT2D eigenvalue weighted by atomic mass is 9.71. The van der Waals surface area contributed by atoms with Gasteiger partial charge in [0.1, 0.15) is 11.4 Å². The lowest BCUT2D eigenvalue weighted by Gasteiger charge is -2.44. The Bertz CT molecular complexity index is 809. The average Bonchev–Trinajstić information content (AvgIpc) is 3.29. The zero-order valence-corrected chi connectivity index (χ0v) is 18.5. The van der Waals surface area contributed by atoms with Gasteiger partial charge in [0, 0.05) is 32.6 Å². The second kappa shape index (κ2) is 7.94. The molecule has 2 fully saturated rings. The average molecular weight is 444 g/mol. The Morgan fingerprint density at radius 1 is 1.10 bits per heavy atom. The van der Waals surface area contributed by atoms with Crippen LogP contribution in [-0.2, 0) is 23.9 Å². The standard InChI is InChI=1S/C21H32F3N5O2/c1-19(2,3)31-18(30)28-8-4-15(14-28)13-27-9-5-20(6-10-27)7-11-29-16(12-20)25-26-17(29)21(22,23)24/h15H,4-14H2,1-3H3/t15-/m0/s1. The van der Waals surface area contributed by atoms with Gasteiger partial charge >= 0.3 is 12.3 Å². The number of carbonyl (C=O) groups is 1. The molecule has 4 heterocycles. The number of hydrogen-bond donors (Lipinski definition) is 0. The second-order valence-electron chi connectivity index (χ2n) is 10.4. The summed E-state index contributed by atoms with van der Waals surface area (Å²) in [7, 11) is 0. The third-order valence-corrected chi connectivity index (χ3v) is 6.85. The van der Waals surface area contributed by atoms with Gasteiger partial charge in [-0.2, -0.15) is 13.2 Å². The monoisotopic (exact) mass is 443 g/mol. The van der Waals surface area contributed by atoms with E-state index in [4.69, 9.17) is 4.74 Å². The molecule has 1 spiro atoms. The molecule has 4 rings (SSSR count). The molecule has 0 saturated carbocycles. The molecule has 0 bridgehead atoms. The lowest BCUT2D eigenvalue weighted by molar-refractivity contribution is -0.148. The molecule has 0 unspecified atom stereocenters. The summed E-state index contributed by atoms with van der Waals surface area (Å²) in [5, 5.41) is 7.26. The van der Waals surface area contributed by atoms with Gasteiger partial charge in [-0.3, -0.25) is 0 Å². The van der Waals surface area contributed by atoms with Crippen molar-refractivity contribution < 1.29 is 22.7 Å². The summed E-state index contributed by atoms with van der Waals surface area (Å²) in [6, 6.07) is 0. The smallest absolute Gasteiger partial charge is 0.444 e. The van der Waals surface area contributed by atoms with E-state index >= 15 is 0 Å². The number of amides is 1. The van der Waals surface area contributed by atoms with E-state index < -0.39 is 17.6 Å². The highest BCUT2D eigenvalue weighted by Gasteiger charge is 2.44. The van der Waals surface area contributed by atoms with Gasteiger partial charge in [-0.05, 0) is 70.9 Å². The summed E-state index contributed by atoms with van der Waals surface area (Å²) in [5.41, 5.74) is -0.456. The third-order valence-electron chi connectivity index (χ3n) is 6.85. The fraction of sp³-hybridized carbons (Fsp3) is 0.857. The fourth-order valence-electron chi connectivity index (χ4n) is 5.16. The summed E-state index contributed by atoms with van der Waals surface area (Å²) < 4.78 is 46.0. The van der Waals surface area contributed by atoms with E-state index in [1.165, 1.54) is 4.57 Å². The largest absolute Gasteiger partial charge is 0.451 e. The Kier molecular flexibility index (Phi) is 5.72. The van der Waals surface area contributed by atoms with Crippen molar-refractivity contribution in [2.45, 2.75) is 71.2 Å². The number of carbonyl (C=O) groups excluding carboxylic acids is 1. The van der Waals surface area contributed by atoms with Gasteiger partial charge in [-0.15, -0.1) is 10.2 Å². The van der Waals surface area contributed by atoms with E-state index in [-0.39, 0.29) is 11.5 Å². The quantitative estimate of drug-likeness (QED) is 0.699. The first kappa shape index (κ1) is 22.4. The van der Waals surface area contributed by atoms with E-state index in [0.717, 1.165) is 58.4 Å². The predicted molar refractivity (Wildman–Crippen MR) is 107 cm³/mol. The minimum atomic E-state index is -4.45. The van der Waals surface area contributed by atoms with Crippen molar-refractivity contribution in [3.05, 3.63) is 11.6 Å². The minimum Gasteiger partial charge on any atom is -0.444 e. The van der Waals surface area contributed by atoms with Crippen LogP contribution >= 0.6 is 0 Å². The molecule has 10 heteroatoms. The number of aromatic nitrogens is 3. The molecular weight excluding hydrogens is 411 g/mol. The number of nitrogens with zero attached hydrogens (tertiary/aromatic N) is 5. The zero-order valence-electron chi connectivity index (χ0n) is 18.5. The summed E-state index contributed by atoms with van der Waals surface area (Å²) in [5.74, 6) is 0.0340. The van der Waals surface area contributed by atoms with Crippen molar-refractivity contribution in [3.63, 3.8) is 0 Å². The van der Waals surface area contributed by atoms with Crippen LogP contribution in [0.1, 0.15) is 58.1 Å². The molecule has 0 aromatic carbocycles. The summed E-state index contributed by atoms with van der Waals surface area (Å²) >= 11 is 0. The van der Waals surface area contributed by atoms with Crippen molar-refractivity contribution in [1.29, 1.82) is 0 Å². The van der Waals surface area contributed by atoms with Gasteiger partial charge < -0.3 is 19.1 Å². The van der Waals surface area contributed by atoms with Crippen molar-refractivity contribution in [1.82, 2.24) is 24.6 Å². The SMILES string of the molecule is CC(C)(C)OC(=O)N1CC[C@@H](CN2CCC3(CC2)CCn2c(nnc2C(F)(F)F)C3)C1. The van der Waals surface area contributed by atoms with E-state index in [2.05, 4.69) is 15.1 Å². The third kappa shape index (κ3) is 4.99. The number of rotatable bonds is 2. The van der Waals surface area contributed by atoms with E-state index in [1.807, 2.05) is 20.8 Å². The van der Waals surface area contributed by atoms with Gasteiger partial charge in [0.25, 0.3) is 0 Å². The van der Waals surface area contributed by atoms with Crippen molar-refractivity contribution in [2.24, 2.45) is 11.3 Å². The number of fused-ring (bicyclic) bond motifs is 1. The van der Waals surface area contributed by atoms with Crippen LogP contribution < -0.4 is 0 Å². The van der Waals surface area contributed by atoms with Crippen molar-refractivity contribution in [2.75, 3.05) is 32.7 Å². The molecule has 1 atom stereocenters. The molecule has 1 aromatic rings. The predicted octanol–water partition coefficient (Wildman–Crippen LogP) is 3.58. The van der Waals surface area contributed by atoms with Crippen LogP contribution in [0.3, 0.4) is 0 Å². The fourth-order valence-corrected chi connectivity index (χ4v) is 5.16. The zero-order chi connectivity index (χ0) is 22.4. The molecular formula is C21H32F3N5O2. The summed E-state index contributed by atoms with van der Waals surface area (Å²) in [4.78, 5) is 16.5. The molecule has 7 nitrogen and oxygen atoms in total. The Morgan fingerprint density at radius 3 is 2.42 bits per heavy atom. The van der Waals surface area contributed by atoms with E-state index in [0.29, 0.717) is 24.7 Å². The Balaban J connectivity index is 1.27. The number of alkyl halides is 3. The molecule has 3 aliphatic heterocycles. The van der Waals surface area contributed by atoms with E-state index in [9.17, 15) is 18.0 Å². The maximum Gasteiger partial charge on any atom is 0.451 e. The van der Waals surface area contributed by atoms with Crippen LogP contribution in [0.15, 0.2) is 0 Å². The van der Waals surface area contributed by atoms with Gasteiger partial charge in [0.15, 0.2) is 0 Å². The van der Waals surface area contributed by atoms with Crippen LogP contribution in [0.5, 0.6) is 0 Å². The maximum absolute atomic E-state index is 13.1. The number of ether oxygens (including phenoxy) is 1. The number of piperidine rings is 1. The van der Waals surface area contributed by atoms with Gasteiger partial charge in [0.05, 0.1) is 0 Å². The number of hydrogen-bond acceptors (Lipinski definition) is 5. The van der Waals surface area contributed by atoms with Crippen LogP contribution in [-0.4, -0.2) is 69.0 Å². The molecule has 0 radical (unpaired) electrons. The minimum absolute atomic E-state index is 0.0284. The molecule has 1 aromatic heterocycles. The van der Waals surface area contributed by atoms with Crippen LogP contribution in [0.25, 0.3) is 0 Å². The van der Waals surface area contributed by atoms with Crippen molar-refractivity contribution in [3.8, 4) is 0 Å². The van der Waals surface area contributed by atoms with Crippen molar-refractivity contribution >= 4 is 6.09 Å². The van der Waals surface area contributed by atoms with Crippen LogP contribution in [0.2, 0.25) is 0 Å². The highest BCUT2D eigenvalue weighted by molar-refractivity contribution is 5.68. The lowest BCUT2D eigenvalue weighted by Crippen LogP contribution is -2.45. The maximum atomic E-state index is 13.1. The summed E-state index contributed by atoms with van der Waals surface area (Å²) in [6.07, 6.45) is -0.479. The van der Waals surface area contributed by atoms with Gasteiger partial charge in [-0.25, -0.2) is 4.79 Å². The van der Waals surface area contributed by atoms with Gasteiger partial charge in [0.2, 0.25) is 5.82 Å². The molecule has 3 aliphatic rings. The van der Waals surface area contributed by atoms with Crippen LogP contribution in [0, 0.1) is 11.3 Å². The molecule has 1 amide bonds. The second-order valence-corrected chi connectivity index (χ2v) is 10.4. The van der Waals surface area contributed by atoms with Crippen LogP contribution in [0.4, 0.5) is 18.0 Å². The Morgan fingerprint density at radius 2 is 1.77 bits per heavy atom. The first-order valence-corrected chi connectivity index (χ1v) is 11.1. The van der Waals surface area contributed by atoms with Gasteiger partial charge in [-0.1, -0.05) is 0 Å². The number of halogens is 3. The van der Waals surface area contributed by atoms with E-state index in [1.54, 1.807) is 4.90 Å². The highest BCUT2D eigenvalue weighted by Crippen LogP contribution is 2.43. The Hall–Kier alpha value is -1.84. The molecule has 0 N–H and O–H groups in total. The Labute approximate surface area is 180 Å². The summed E-state index contributed by atoms with van der Waals surface area (Å²) in [6.45, 7) is 10.2. The molecule has 2 saturated heterocycles. The first-order valence-electron chi connectivity index (χ1n) is 11.1.